The number of nitrogens with one attached hydrogen (secondary N) is 2. The summed E-state index contributed by atoms with van der Waals surface area (Å²) < 4.78 is 0. The van der Waals surface area contributed by atoms with E-state index in [0.29, 0.717) is 6.42 Å². The molecule has 0 aliphatic heterocycles. The molecule has 4 nitrogen and oxygen atoms in total. The maximum Gasteiger partial charge on any atom is 0.241 e. The van der Waals surface area contributed by atoms with Crippen LogP contribution in [0.15, 0.2) is 24.3 Å². The molecule has 18 heavy (non-hydrogen) atoms. The summed E-state index contributed by atoms with van der Waals surface area (Å²) in [5.74, 6) is -0.122. The molecule has 1 aromatic carbocycles. The van der Waals surface area contributed by atoms with E-state index in [0.717, 1.165) is 28.7 Å². The van der Waals surface area contributed by atoms with Gasteiger partial charge in [-0.2, -0.15) is 0 Å². The minimum absolute atomic E-state index is 0.122. The monoisotopic (exact) mass is 245 g/mol. The molecule has 1 unspecified atom stereocenters. The van der Waals surface area contributed by atoms with E-state index in [-0.39, 0.29) is 5.91 Å². The number of carbonyl (C=O) groups is 1. The van der Waals surface area contributed by atoms with Crippen LogP contribution in [-0.4, -0.2) is 16.9 Å². The molecule has 0 spiro atoms. The first-order valence-corrected chi connectivity index (χ1v) is 6.26. The summed E-state index contributed by atoms with van der Waals surface area (Å²) in [6.45, 7) is 4.02. The fourth-order valence-corrected chi connectivity index (χ4v) is 2.03. The van der Waals surface area contributed by atoms with Crippen LogP contribution in [0.5, 0.6) is 0 Å². The van der Waals surface area contributed by atoms with Gasteiger partial charge in [-0.15, -0.1) is 0 Å². The Hall–Kier alpha value is -1.81. The van der Waals surface area contributed by atoms with E-state index in [1.54, 1.807) is 0 Å². The van der Waals surface area contributed by atoms with Gasteiger partial charge < -0.3 is 16.0 Å². The summed E-state index contributed by atoms with van der Waals surface area (Å²) in [6, 6.07) is 7.42. The average Bonchev–Trinajstić information content (AvgIpc) is 2.68. The number of rotatable bonds is 4. The lowest BCUT2D eigenvalue weighted by molar-refractivity contribution is -0.117. The first-order valence-electron chi connectivity index (χ1n) is 6.26. The second kappa shape index (κ2) is 5.23. The van der Waals surface area contributed by atoms with Crippen LogP contribution < -0.4 is 11.1 Å². The molecule has 1 atom stereocenters. The Balaban J connectivity index is 2.14. The lowest BCUT2D eigenvalue weighted by atomic mass is 10.1. The molecule has 0 saturated heterocycles. The normalized spacial score (nSPS) is 12.6. The molecular weight excluding hydrogens is 226 g/mol. The predicted molar refractivity (Wildman–Crippen MR) is 74.5 cm³/mol. The van der Waals surface area contributed by atoms with Crippen LogP contribution in [0.4, 0.5) is 5.69 Å². The summed E-state index contributed by atoms with van der Waals surface area (Å²) in [5.41, 5.74) is 8.74. The number of H-pyrrole nitrogens is 1. The van der Waals surface area contributed by atoms with E-state index in [1.807, 2.05) is 32.0 Å². The van der Waals surface area contributed by atoms with Gasteiger partial charge in [0.15, 0.2) is 0 Å². The Morgan fingerprint density at radius 3 is 2.94 bits per heavy atom. The first-order chi connectivity index (χ1) is 8.60. The van der Waals surface area contributed by atoms with E-state index in [2.05, 4.69) is 16.4 Å². The van der Waals surface area contributed by atoms with E-state index >= 15 is 0 Å². The topological polar surface area (TPSA) is 70.9 Å². The molecule has 0 saturated carbocycles. The molecule has 96 valence electrons. The van der Waals surface area contributed by atoms with Crippen molar-refractivity contribution in [2.75, 3.05) is 5.32 Å². The third-order valence-corrected chi connectivity index (χ3v) is 2.96. The Morgan fingerprint density at radius 1 is 1.44 bits per heavy atom. The van der Waals surface area contributed by atoms with Gasteiger partial charge in [-0.1, -0.05) is 13.3 Å². The molecule has 0 radical (unpaired) electrons. The van der Waals surface area contributed by atoms with Gasteiger partial charge >= 0.3 is 0 Å². The Labute approximate surface area is 107 Å². The van der Waals surface area contributed by atoms with Crippen LogP contribution in [0.2, 0.25) is 0 Å². The second-order valence-electron chi connectivity index (χ2n) is 4.64. The largest absolute Gasteiger partial charge is 0.359 e. The third-order valence-electron chi connectivity index (χ3n) is 2.96. The number of benzene rings is 1. The predicted octanol–water partition coefficient (Wildman–Crippen LogP) is 2.54. The lowest BCUT2D eigenvalue weighted by Gasteiger charge is -2.11. The fourth-order valence-electron chi connectivity index (χ4n) is 2.03. The number of aromatic nitrogens is 1. The van der Waals surface area contributed by atoms with Gasteiger partial charge in [0.2, 0.25) is 5.91 Å². The van der Waals surface area contributed by atoms with Crippen molar-refractivity contribution >= 4 is 22.5 Å². The molecule has 1 heterocycles. The molecule has 1 aromatic heterocycles. The van der Waals surface area contributed by atoms with Crippen molar-refractivity contribution < 1.29 is 4.79 Å². The van der Waals surface area contributed by atoms with Crippen LogP contribution in [0.3, 0.4) is 0 Å². The number of fused-ring (bicyclic) bond motifs is 1. The Morgan fingerprint density at radius 2 is 2.22 bits per heavy atom. The molecule has 2 rings (SSSR count). The standard InChI is InChI=1S/C14H19N3O/c1-3-4-12(15)14(18)17-11-5-6-13-10(8-11)7-9(2)16-13/h5-8,12,16H,3-4,15H2,1-2H3,(H,17,18). The van der Waals surface area contributed by atoms with E-state index in [4.69, 9.17) is 5.73 Å². The highest BCUT2D eigenvalue weighted by Gasteiger charge is 2.12. The zero-order valence-electron chi connectivity index (χ0n) is 10.8. The van der Waals surface area contributed by atoms with Gasteiger partial charge in [0.05, 0.1) is 6.04 Å². The van der Waals surface area contributed by atoms with Crippen molar-refractivity contribution in [3.63, 3.8) is 0 Å². The van der Waals surface area contributed by atoms with Crippen molar-refractivity contribution in [1.29, 1.82) is 0 Å². The molecule has 0 fully saturated rings. The molecule has 4 heteroatoms. The summed E-state index contributed by atoms with van der Waals surface area (Å²) >= 11 is 0. The highest BCUT2D eigenvalue weighted by Crippen LogP contribution is 2.19. The SMILES string of the molecule is CCCC(N)C(=O)Nc1ccc2[nH]c(C)cc2c1. The van der Waals surface area contributed by atoms with Gasteiger partial charge in [0.25, 0.3) is 0 Å². The molecule has 1 amide bonds. The number of hydrogen-bond acceptors (Lipinski definition) is 2. The van der Waals surface area contributed by atoms with E-state index in [9.17, 15) is 4.79 Å². The lowest BCUT2D eigenvalue weighted by Crippen LogP contribution is -2.35. The van der Waals surface area contributed by atoms with Gasteiger partial charge in [-0.25, -0.2) is 0 Å². The van der Waals surface area contributed by atoms with Crippen LogP contribution >= 0.6 is 0 Å². The number of hydrogen-bond donors (Lipinski definition) is 3. The van der Waals surface area contributed by atoms with Crippen molar-refractivity contribution in [3.05, 3.63) is 30.0 Å². The highest BCUT2D eigenvalue weighted by molar-refractivity contribution is 5.96. The third kappa shape index (κ3) is 2.71. The van der Waals surface area contributed by atoms with E-state index in [1.165, 1.54) is 0 Å². The van der Waals surface area contributed by atoms with Gasteiger partial charge in [0, 0.05) is 22.3 Å². The maximum absolute atomic E-state index is 11.8. The number of nitrogens with two attached hydrogens (primary N) is 1. The summed E-state index contributed by atoms with van der Waals surface area (Å²) in [7, 11) is 0. The maximum atomic E-state index is 11.8. The van der Waals surface area contributed by atoms with Crippen LogP contribution in [0.1, 0.15) is 25.5 Å². The first kappa shape index (κ1) is 12.6. The number of aryl methyl sites for hydroxylation is 1. The smallest absolute Gasteiger partial charge is 0.241 e. The van der Waals surface area contributed by atoms with Crippen molar-refractivity contribution in [1.82, 2.24) is 4.98 Å². The quantitative estimate of drug-likeness (QED) is 0.774. The van der Waals surface area contributed by atoms with Gasteiger partial charge in [0.1, 0.15) is 0 Å². The Kier molecular flexibility index (Phi) is 3.67. The molecule has 2 aromatic rings. The molecule has 0 aliphatic carbocycles. The number of amides is 1. The average molecular weight is 245 g/mol. The number of anilines is 1. The molecule has 0 aliphatic rings. The summed E-state index contributed by atoms with van der Waals surface area (Å²) in [6.07, 6.45) is 1.61. The van der Waals surface area contributed by atoms with E-state index < -0.39 is 6.04 Å². The summed E-state index contributed by atoms with van der Waals surface area (Å²) in [5, 5.41) is 3.94. The minimum Gasteiger partial charge on any atom is -0.359 e. The zero-order chi connectivity index (χ0) is 13.1. The molecule has 0 bridgehead atoms. The van der Waals surface area contributed by atoms with Gasteiger partial charge in [-0.3, -0.25) is 4.79 Å². The van der Waals surface area contributed by atoms with Gasteiger partial charge in [-0.05, 0) is 37.6 Å². The zero-order valence-corrected chi connectivity index (χ0v) is 10.8. The summed E-state index contributed by atoms with van der Waals surface area (Å²) in [4.78, 5) is 15.0. The molecule has 4 N–H and O–H groups in total. The van der Waals surface area contributed by atoms with Crippen molar-refractivity contribution in [2.24, 2.45) is 5.73 Å². The minimum atomic E-state index is -0.432. The fraction of sp³-hybridized carbons (Fsp3) is 0.357. The highest BCUT2D eigenvalue weighted by atomic mass is 16.2. The molecular formula is C14H19N3O. The van der Waals surface area contributed by atoms with Crippen molar-refractivity contribution in [3.8, 4) is 0 Å². The van der Waals surface area contributed by atoms with Crippen molar-refractivity contribution in [2.45, 2.75) is 32.7 Å². The Bertz CT molecular complexity index is 559. The second-order valence-corrected chi connectivity index (χ2v) is 4.64. The number of aromatic amines is 1. The van der Waals surface area contributed by atoms with Crippen LogP contribution in [0.25, 0.3) is 10.9 Å². The van der Waals surface area contributed by atoms with Crippen LogP contribution in [-0.2, 0) is 4.79 Å². The number of carbonyl (C=O) groups excluding carboxylic acids is 1. The van der Waals surface area contributed by atoms with Crippen LogP contribution in [0, 0.1) is 6.92 Å².